The van der Waals surface area contributed by atoms with Crippen molar-refractivity contribution in [1.29, 1.82) is 0 Å². The molecular formula is C23H39IO2. The number of hydrogen-bond donors (Lipinski definition) is 0. The van der Waals surface area contributed by atoms with Crippen LogP contribution in [0.4, 0.5) is 0 Å². The monoisotopic (exact) mass is 474 g/mol. The quantitative estimate of drug-likeness (QED) is 0.110. The number of ketones is 2. The molecule has 0 heterocycles. The number of carbonyl (C=O) groups excluding carboxylic acids is 2. The third-order valence-corrected chi connectivity index (χ3v) is 6.93. The number of alkyl halides is 1. The van der Waals surface area contributed by atoms with Crippen molar-refractivity contribution in [3.8, 4) is 0 Å². The molecule has 0 radical (unpaired) electrons. The molecule has 26 heavy (non-hydrogen) atoms. The van der Waals surface area contributed by atoms with E-state index in [1.807, 2.05) is 0 Å². The van der Waals surface area contributed by atoms with Crippen LogP contribution in [-0.2, 0) is 9.59 Å². The van der Waals surface area contributed by atoms with Crippen molar-refractivity contribution in [2.45, 2.75) is 97.3 Å². The standard InChI is InChI=1S/C23H39IO2/c1-3-5-7-9-11-13-20(25)15-16-21-19(18-24)17-23(26)22(21)14-12-10-8-6-4-2/h10,12,19,21-22H,3-9,11,13-18H2,1-2H3/t19-,21-,22+/m0/s1. The molecule has 1 aliphatic carbocycles. The van der Waals surface area contributed by atoms with Gasteiger partial charge in [0, 0.05) is 29.6 Å². The summed E-state index contributed by atoms with van der Waals surface area (Å²) < 4.78 is 1.04. The molecule has 0 aliphatic heterocycles. The van der Waals surface area contributed by atoms with E-state index >= 15 is 0 Å². The van der Waals surface area contributed by atoms with E-state index in [0.29, 0.717) is 29.8 Å². The van der Waals surface area contributed by atoms with Crippen LogP contribution in [-0.4, -0.2) is 16.0 Å². The molecule has 0 aromatic heterocycles. The second-order valence-electron chi connectivity index (χ2n) is 7.95. The zero-order chi connectivity index (χ0) is 19.2. The maximum atomic E-state index is 12.5. The molecule has 1 aliphatic rings. The summed E-state index contributed by atoms with van der Waals surface area (Å²) in [7, 11) is 0. The lowest BCUT2D eigenvalue weighted by Crippen LogP contribution is -2.19. The van der Waals surface area contributed by atoms with E-state index in [-0.39, 0.29) is 5.92 Å². The lowest BCUT2D eigenvalue weighted by atomic mass is 9.83. The minimum atomic E-state index is 0.157. The van der Waals surface area contributed by atoms with Crippen molar-refractivity contribution in [2.75, 3.05) is 4.43 Å². The summed E-state index contributed by atoms with van der Waals surface area (Å²) >= 11 is 2.42. The number of hydrogen-bond acceptors (Lipinski definition) is 2. The molecule has 0 bridgehead atoms. The summed E-state index contributed by atoms with van der Waals surface area (Å²) in [6, 6.07) is 0. The van der Waals surface area contributed by atoms with Crippen LogP contribution in [0.2, 0.25) is 0 Å². The van der Waals surface area contributed by atoms with Crippen LogP contribution in [0, 0.1) is 17.8 Å². The topological polar surface area (TPSA) is 34.1 Å². The molecule has 0 spiro atoms. The molecule has 150 valence electrons. The lowest BCUT2D eigenvalue weighted by Gasteiger charge is -2.21. The lowest BCUT2D eigenvalue weighted by molar-refractivity contribution is -0.122. The summed E-state index contributed by atoms with van der Waals surface area (Å²) in [6.07, 6.45) is 18.0. The average Bonchev–Trinajstić information content (AvgIpc) is 2.94. The third kappa shape index (κ3) is 9.14. The van der Waals surface area contributed by atoms with Gasteiger partial charge in [-0.3, -0.25) is 9.59 Å². The third-order valence-electron chi connectivity index (χ3n) is 5.79. The van der Waals surface area contributed by atoms with Crippen LogP contribution in [0.15, 0.2) is 12.2 Å². The van der Waals surface area contributed by atoms with Crippen molar-refractivity contribution >= 4 is 34.2 Å². The van der Waals surface area contributed by atoms with Gasteiger partial charge in [0.15, 0.2) is 0 Å². The smallest absolute Gasteiger partial charge is 0.136 e. The van der Waals surface area contributed by atoms with Gasteiger partial charge in [-0.15, -0.1) is 0 Å². The molecule has 0 aromatic rings. The van der Waals surface area contributed by atoms with E-state index in [4.69, 9.17) is 0 Å². The van der Waals surface area contributed by atoms with Gasteiger partial charge in [-0.1, -0.05) is 87.1 Å². The van der Waals surface area contributed by atoms with Gasteiger partial charge >= 0.3 is 0 Å². The first kappa shape index (κ1) is 23.8. The van der Waals surface area contributed by atoms with E-state index < -0.39 is 0 Å². The molecule has 1 fully saturated rings. The number of allylic oxidation sites excluding steroid dienone is 2. The second kappa shape index (κ2) is 14.8. The van der Waals surface area contributed by atoms with Crippen LogP contribution >= 0.6 is 22.6 Å². The SMILES string of the molecule is CCCCC=CC[C@H]1C(=O)C[C@@H](CI)[C@@H]1CCC(=O)CCCCCCC. The van der Waals surface area contributed by atoms with Crippen molar-refractivity contribution in [1.82, 2.24) is 0 Å². The minimum Gasteiger partial charge on any atom is -0.300 e. The Bertz CT molecular complexity index is 430. The summed E-state index contributed by atoms with van der Waals surface area (Å²) in [5, 5.41) is 0. The van der Waals surface area contributed by atoms with E-state index in [1.165, 1.54) is 38.5 Å². The Labute approximate surface area is 175 Å². The summed E-state index contributed by atoms with van der Waals surface area (Å²) in [4.78, 5) is 24.7. The molecule has 0 unspecified atom stereocenters. The van der Waals surface area contributed by atoms with Crippen LogP contribution < -0.4 is 0 Å². The van der Waals surface area contributed by atoms with Gasteiger partial charge in [0.2, 0.25) is 0 Å². The normalized spacial score (nSPS) is 23.2. The molecule has 1 saturated carbocycles. The van der Waals surface area contributed by atoms with Gasteiger partial charge < -0.3 is 0 Å². The molecule has 2 nitrogen and oxygen atoms in total. The van der Waals surface area contributed by atoms with Gasteiger partial charge in [0.25, 0.3) is 0 Å². The zero-order valence-corrected chi connectivity index (χ0v) is 19.1. The van der Waals surface area contributed by atoms with Crippen LogP contribution in [0.5, 0.6) is 0 Å². The Morgan fingerprint density at radius 2 is 1.77 bits per heavy atom. The highest BCUT2D eigenvalue weighted by atomic mass is 127. The minimum absolute atomic E-state index is 0.157. The summed E-state index contributed by atoms with van der Waals surface area (Å²) in [5.74, 6) is 1.90. The predicted molar refractivity (Wildman–Crippen MR) is 120 cm³/mol. The first-order chi connectivity index (χ1) is 12.6. The first-order valence-electron chi connectivity index (χ1n) is 10.9. The van der Waals surface area contributed by atoms with E-state index in [0.717, 1.165) is 43.0 Å². The largest absolute Gasteiger partial charge is 0.300 e. The number of carbonyl (C=O) groups is 2. The Hall–Kier alpha value is -0.190. The Balaban J connectivity index is 2.41. The predicted octanol–water partition coefficient (Wildman–Crippen LogP) is 7.09. The van der Waals surface area contributed by atoms with Gasteiger partial charge in [0.05, 0.1) is 0 Å². The van der Waals surface area contributed by atoms with Crippen molar-refractivity contribution in [2.24, 2.45) is 17.8 Å². The number of unbranched alkanes of at least 4 members (excludes halogenated alkanes) is 6. The van der Waals surface area contributed by atoms with Crippen LogP contribution in [0.25, 0.3) is 0 Å². The highest BCUT2D eigenvalue weighted by molar-refractivity contribution is 14.1. The molecule has 3 heteroatoms. The van der Waals surface area contributed by atoms with Crippen molar-refractivity contribution in [3.05, 3.63) is 12.2 Å². The molecule has 0 aromatic carbocycles. The summed E-state index contributed by atoms with van der Waals surface area (Å²) in [6.45, 7) is 4.42. The van der Waals surface area contributed by atoms with Gasteiger partial charge in [-0.25, -0.2) is 0 Å². The molecule has 0 N–H and O–H groups in total. The molecule has 1 rings (SSSR count). The van der Waals surface area contributed by atoms with Crippen molar-refractivity contribution < 1.29 is 9.59 Å². The highest BCUT2D eigenvalue weighted by Gasteiger charge is 2.40. The van der Waals surface area contributed by atoms with E-state index in [2.05, 4.69) is 48.6 Å². The van der Waals surface area contributed by atoms with E-state index in [1.54, 1.807) is 0 Å². The average molecular weight is 474 g/mol. The Kier molecular flexibility index (Phi) is 13.6. The molecular weight excluding hydrogens is 435 g/mol. The fourth-order valence-corrected chi connectivity index (χ4v) is 5.07. The number of Topliss-reactive ketones (excluding diaryl/α,β-unsaturated/α-hetero) is 2. The van der Waals surface area contributed by atoms with E-state index in [9.17, 15) is 9.59 Å². The zero-order valence-electron chi connectivity index (χ0n) is 17.0. The Morgan fingerprint density at radius 1 is 1.04 bits per heavy atom. The second-order valence-corrected chi connectivity index (χ2v) is 8.83. The number of rotatable bonds is 15. The van der Waals surface area contributed by atoms with Crippen molar-refractivity contribution in [3.63, 3.8) is 0 Å². The van der Waals surface area contributed by atoms with Gasteiger partial charge in [-0.05, 0) is 37.5 Å². The molecule has 0 amide bonds. The van der Waals surface area contributed by atoms with Gasteiger partial charge in [-0.2, -0.15) is 0 Å². The highest BCUT2D eigenvalue weighted by Crippen LogP contribution is 2.40. The first-order valence-corrected chi connectivity index (χ1v) is 12.4. The van der Waals surface area contributed by atoms with Crippen LogP contribution in [0.3, 0.4) is 0 Å². The maximum absolute atomic E-state index is 12.5. The fourth-order valence-electron chi connectivity index (χ4n) is 4.10. The molecule has 0 saturated heterocycles. The number of halogens is 1. The maximum Gasteiger partial charge on any atom is 0.136 e. The van der Waals surface area contributed by atoms with Crippen LogP contribution in [0.1, 0.15) is 97.3 Å². The van der Waals surface area contributed by atoms with Gasteiger partial charge in [0.1, 0.15) is 11.6 Å². The molecule has 3 atom stereocenters. The summed E-state index contributed by atoms with van der Waals surface area (Å²) in [5.41, 5.74) is 0. The Morgan fingerprint density at radius 3 is 2.46 bits per heavy atom. The fraction of sp³-hybridized carbons (Fsp3) is 0.826.